The van der Waals surface area contributed by atoms with Crippen LogP contribution in [0.3, 0.4) is 0 Å². The fourth-order valence-corrected chi connectivity index (χ4v) is 2.19. The van der Waals surface area contributed by atoms with Crippen LogP contribution in [0.4, 0.5) is 26.3 Å². The summed E-state index contributed by atoms with van der Waals surface area (Å²) < 4.78 is 84.6. The molecule has 0 radical (unpaired) electrons. The van der Waals surface area contributed by atoms with E-state index in [9.17, 15) is 35.9 Å². The number of ketones is 1. The predicted molar refractivity (Wildman–Crippen MR) is 85.0 cm³/mol. The monoisotopic (exact) mass is 431 g/mol. The van der Waals surface area contributed by atoms with Gasteiger partial charge in [-0.25, -0.2) is 4.79 Å². The normalized spacial score (nSPS) is 11.9. The molecule has 3 rings (SSSR count). The van der Waals surface area contributed by atoms with Crippen LogP contribution in [0.15, 0.2) is 47.2 Å². The highest BCUT2D eigenvalue weighted by molar-refractivity contribution is 6.03. The van der Waals surface area contributed by atoms with Crippen molar-refractivity contribution in [1.29, 1.82) is 0 Å². The Kier molecular flexibility index (Phi) is 5.29. The molecule has 2 heterocycles. The molecule has 0 fully saturated rings. The number of alkyl halides is 6. The van der Waals surface area contributed by atoms with Crippen molar-refractivity contribution in [3.8, 4) is 28.6 Å². The molecule has 0 amide bonds. The van der Waals surface area contributed by atoms with Crippen molar-refractivity contribution in [2.75, 3.05) is 0 Å². The van der Waals surface area contributed by atoms with Crippen LogP contribution in [0.25, 0.3) is 22.8 Å². The fraction of sp³-hybridized carbons (Fsp3) is 0.118. The SMILES string of the molecule is O=C(Oc1cc(-c2nc(-c3cccnc3)no2)ccc1C(=O)C(F)(F)F)C(F)(F)F. The Labute approximate surface area is 162 Å². The molecule has 0 saturated carbocycles. The summed E-state index contributed by atoms with van der Waals surface area (Å²) in [7, 11) is 0. The zero-order chi connectivity index (χ0) is 22.1. The van der Waals surface area contributed by atoms with Gasteiger partial charge in [-0.05, 0) is 30.3 Å². The molecule has 0 aliphatic carbocycles. The second-order valence-corrected chi connectivity index (χ2v) is 5.59. The Bertz CT molecular complexity index is 1090. The molecule has 13 heteroatoms. The Morgan fingerprint density at radius 3 is 2.30 bits per heavy atom. The van der Waals surface area contributed by atoms with Gasteiger partial charge in [-0.1, -0.05) is 5.16 Å². The molecule has 30 heavy (non-hydrogen) atoms. The van der Waals surface area contributed by atoms with Crippen molar-refractivity contribution in [2.45, 2.75) is 12.4 Å². The number of aromatic nitrogens is 3. The first-order valence-electron chi connectivity index (χ1n) is 7.76. The molecule has 0 spiro atoms. The number of halogens is 6. The number of carbonyl (C=O) groups excluding carboxylic acids is 2. The largest absolute Gasteiger partial charge is 0.491 e. The van der Waals surface area contributed by atoms with E-state index in [-0.39, 0.29) is 17.3 Å². The van der Waals surface area contributed by atoms with E-state index in [1.807, 2.05) is 0 Å². The van der Waals surface area contributed by atoms with E-state index < -0.39 is 35.4 Å². The van der Waals surface area contributed by atoms with E-state index in [4.69, 9.17) is 4.52 Å². The lowest BCUT2D eigenvalue weighted by atomic mass is 10.1. The molecule has 0 bridgehead atoms. The van der Waals surface area contributed by atoms with Gasteiger partial charge in [0.15, 0.2) is 0 Å². The number of carbonyl (C=O) groups is 2. The zero-order valence-electron chi connectivity index (χ0n) is 14.3. The Morgan fingerprint density at radius 1 is 0.967 bits per heavy atom. The summed E-state index contributed by atoms with van der Waals surface area (Å²) in [5, 5.41) is 3.63. The lowest BCUT2D eigenvalue weighted by Crippen LogP contribution is -2.30. The van der Waals surface area contributed by atoms with Gasteiger partial charge >= 0.3 is 18.3 Å². The summed E-state index contributed by atoms with van der Waals surface area (Å²) in [5.74, 6) is -6.86. The van der Waals surface area contributed by atoms with Crippen molar-refractivity contribution in [3.63, 3.8) is 0 Å². The molecule has 3 aromatic rings. The number of benzene rings is 1. The van der Waals surface area contributed by atoms with Gasteiger partial charge in [0.2, 0.25) is 5.82 Å². The van der Waals surface area contributed by atoms with E-state index in [2.05, 4.69) is 19.9 Å². The van der Waals surface area contributed by atoms with E-state index >= 15 is 0 Å². The van der Waals surface area contributed by atoms with Crippen LogP contribution in [0, 0.1) is 0 Å². The van der Waals surface area contributed by atoms with E-state index in [0.29, 0.717) is 17.7 Å². The molecule has 7 nitrogen and oxygen atoms in total. The maximum absolute atomic E-state index is 12.7. The summed E-state index contributed by atoms with van der Waals surface area (Å²) in [5.41, 5.74) is -1.07. The van der Waals surface area contributed by atoms with Gasteiger partial charge in [0.1, 0.15) is 5.75 Å². The minimum absolute atomic E-state index is 0.0300. The topological polar surface area (TPSA) is 95.2 Å². The van der Waals surface area contributed by atoms with Crippen LogP contribution in [0.2, 0.25) is 0 Å². The van der Waals surface area contributed by atoms with Crippen LogP contribution in [0.5, 0.6) is 5.75 Å². The average Bonchev–Trinajstić information content (AvgIpc) is 3.17. The molecule has 0 aliphatic rings. The van der Waals surface area contributed by atoms with E-state index in [0.717, 1.165) is 6.07 Å². The smallest absolute Gasteiger partial charge is 0.419 e. The number of esters is 1. The highest BCUT2D eigenvalue weighted by atomic mass is 19.4. The standard InChI is InChI=1S/C17H7F6N3O4/c18-16(19,20)12(27)10-4-3-8(6-11(10)29-15(28)17(21,22)23)14-25-13(26-30-14)9-2-1-5-24-7-9/h1-7H. The second-order valence-electron chi connectivity index (χ2n) is 5.59. The van der Waals surface area contributed by atoms with Crippen LogP contribution in [0.1, 0.15) is 10.4 Å². The van der Waals surface area contributed by atoms with Crippen LogP contribution < -0.4 is 4.74 Å². The maximum atomic E-state index is 12.7. The number of pyridine rings is 1. The minimum Gasteiger partial charge on any atom is -0.419 e. The number of Topliss-reactive ketones (excluding diaryl/α,β-unsaturated/α-hetero) is 1. The molecule has 0 atom stereocenters. The van der Waals surface area contributed by atoms with Gasteiger partial charge in [-0.3, -0.25) is 9.78 Å². The molecular formula is C17H7F6N3O4. The van der Waals surface area contributed by atoms with Gasteiger partial charge in [-0.2, -0.15) is 31.3 Å². The number of nitrogens with zero attached hydrogens (tertiary/aromatic N) is 3. The highest BCUT2D eigenvalue weighted by Gasteiger charge is 2.44. The molecule has 2 aromatic heterocycles. The molecular weight excluding hydrogens is 424 g/mol. The molecule has 0 N–H and O–H groups in total. The lowest BCUT2D eigenvalue weighted by Gasteiger charge is -2.13. The summed E-state index contributed by atoms with van der Waals surface area (Å²) in [4.78, 5) is 30.4. The number of rotatable bonds is 4. The van der Waals surface area contributed by atoms with Crippen molar-refractivity contribution < 1.29 is 45.2 Å². The zero-order valence-corrected chi connectivity index (χ0v) is 14.3. The number of hydrogen-bond donors (Lipinski definition) is 0. The Hall–Kier alpha value is -3.77. The van der Waals surface area contributed by atoms with Gasteiger partial charge in [0.25, 0.3) is 11.7 Å². The first-order chi connectivity index (χ1) is 14.0. The second kappa shape index (κ2) is 7.57. The van der Waals surface area contributed by atoms with Crippen LogP contribution in [-0.2, 0) is 4.79 Å². The summed E-state index contributed by atoms with van der Waals surface area (Å²) in [6.07, 6.45) is -8.07. The molecule has 0 aliphatic heterocycles. The molecule has 1 aromatic carbocycles. The number of hydrogen-bond acceptors (Lipinski definition) is 7. The van der Waals surface area contributed by atoms with E-state index in [1.54, 1.807) is 12.1 Å². The third-order valence-electron chi connectivity index (χ3n) is 3.51. The summed E-state index contributed by atoms with van der Waals surface area (Å²) in [6, 6.07) is 5.19. The quantitative estimate of drug-likeness (QED) is 0.267. The first kappa shape index (κ1) is 21.0. The maximum Gasteiger partial charge on any atom is 0.491 e. The van der Waals surface area contributed by atoms with Gasteiger partial charge < -0.3 is 9.26 Å². The van der Waals surface area contributed by atoms with Crippen molar-refractivity contribution in [3.05, 3.63) is 48.3 Å². The van der Waals surface area contributed by atoms with Crippen molar-refractivity contribution >= 4 is 11.8 Å². The highest BCUT2D eigenvalue weighted by Crippen LogP contribution is 2.33. The molecule has 156 valence electrons. The first-order valence-corrected chi connectivity index (χ1v) is 7.76. The lowest BCUT2D eigenvalue weighted by molar-refractivity contribution is -0.189. The van der Waals surface area contributed by atoms with E-state index in [1.165, 1.54) is 12.4 Å². The summed E-state index contributed by atoms with van der Waals surface area (Å²) >= 11 is 0. The molecule has 0 saturated heterocycles. The van der Waals surface area contributed by atoms with Gasteiger partial charge in [0, 0.05) is 23.5 Å². The average molecular weight is 431 g/mol. The summed E-state index contributed by atoms with van der Waals surface area (Å²) in [6.45, 7) is 0. The minimum atomic E-state index is -5.51. The third kappa shape index (κ3) is 4.45. The fourth-order valence-electron chi connectivity index (χ4n) is 2.19. The van der Waals surface area contributed by atoms with Crippen molar-refractivity contribution in [1.82, 2.24) is 15.1 Å². The third-order valence-corrected chi connectivity index (χ3v) is 3.51. The van der Waals surface area contributed by atoms with Crippen LogP contribution in [-0.4, -0.2) is 39.2 Å². The predicted octanol–water partition coefficient (Wildman–Crippen LogP) is 4.01. The van der Waals surface area contributed by atoms with Gasteiger partial charge in [-0.15, -0.1) is 0 Å². The van der Waals surface area contributed by atoms with Crippen LogP contribution >= 0.6 is 0 Å². The molecule has 0 unspecified atom stereocenters. The Balaban J connectivity index is 2.03. The van der Waals surface area contributed by atoms with Crippen molar-refractivity contribution in [2.24, 2.45) is 0 Å². The number of ether oxygens (including phenoxy) is 1. The van der Waals surface area contributed by atoms with Gasteiger partial charge in [0.05, 0.1) is 5.56 Å². The Morgan fingerprint density at radius 2 is 1.70 bits per heavy atom.